The Morgan fingerprint density at radius 3 is 2.78 bits per heavy atom. The first kappa shape index (κ1) is 23.6. The maximum Gasteiger partial charge on any atom is 0.223 e. The standard InChI is InChI=1S/C25H21F2N7OS/c1-25(2,14-35)18-12-29-21(27)11-17(18)16-5-3-4-15-10-20(36-23(15)16)22-19(26)13-30-24(32-22)28-6-8-34-9-7-31-33-34/h3-5,7,9-14H,6,8H2,1-2H3,(H,28,30,32). The lowest BCUT2D eigenvalue weighted by Crippen LogP contribution is -2.20. The van der Waals surface area contributed by atoms with Crippen molar-refractivity contribution in [3.8, 4) is 21.7 Å². The zero-order chi connectivity index (χ0) is 25.3. The lowest BCUT2D eigenvalue weighted by molar-refractivity contribution is -0.111. The fraction of sp³-hybridized carbons (Fsp3) is 0.200. The summed E-state index contributed by atoms with van der Waals surface area (Å²) in [7, 11) is 0. The Balaban J connectivity index is 1.53. The third kappa shape index (κ3) is 4.57. The molecule has 0 saturated carbocycles. The average Bonchev–Trinajstić information content (AvgIpc) is 3.54. The summed E-state index contributed by atoms with van der Waals surface area (Å²) in [5.41, 5.74) is 1.19. The lowest BCUT2D eigenvalue weighted by atomic mass is 9.82. The van der Waals surface area contributed by atoms with Crippen LogP contribution in [0.5, 0.6) is 0 Å². The predicted octanol–water partition coefficient (Wildman–Crippen LogP) is 4.88. The molecule has 182 valence electrons. The summed E-state index contributed by atoms with van der Waals surface area (Å²) in [6, 6.07) is 8.78. The molecule has 4 aromatic heterocycles. The first-order valence-electron chi connectivity index (χ1n) is 11.1. The van der Waals surface area contributed by atoms with Crippen LogP contribution >= 0.6 is 11.3 Å². The maximum atomic E-state index is 14.8. The normalized spacial score (nSPS) is 11.7. The number of thiophene rings is 1. The Labute approximate surface area is 209 Å². The number of carbonyl (C=O) groups is 1. The van der Waals surface area contributed by atoms with Crippen LogP contribution in [0, 0.1) is 11.8 Å². The van der Waals surface area contributed by atoms with Crippen molar-refractivity contribution in [3.05, 3.63) is 72.4 Å². The van der Waals surface area contributed by atoms with E-state index in [1.807, 2.05) is 24.3 Å². The monoisotopic (exact) mass is 505 g/mol. The Hall–Kier alpha value is -4.12. The van der Waals surface area contributed by atoms with Gasteiger partial charge in [0.15, 0.2) is 5.82 Å². The highest BCUT2D eigenvalue weighted by Crippen LogP contribution is 2.42. The van der Waals surface area contributed by atoms with E-state index in [2.05, 4.69) is 30.6 Å². The number of rotatable bonds is 8. The van der Waals surface area contributed by atoms with Crippen molar-refractivity contribution in [2.24, 2.45) is 0 Å². The second-order valence-electron chi connectivity index (χ2n) is 8.71. The van der Waals surface area contributed by atoms with Crippen LogP contribution in [0.15, 0.2) is 55.1 Å². The van der Waals surface area contributed by atoms with Crippen molar-refractivity contribution < 1.29 is 13.6 Å². The molecule has 1 aromatic carbocycles. The van der Waals surface area contributed by atoms with E-state index in [0.717, 1.165) is 28.1 Å². The number of aldehydes is 1. The number of aromatic nitrogens is 6. The van der Waals surface area contributed by atoms with Crippen molar-refractivity contribution >= 4 is 33.7 Å². The quantitative estimate of drug-likeness (QED) is 0.237. The molecular formula is C25H21F2N7OS. The number of benzene rings is 1. The Morgan fingerprint density at radius 2 is 2.00 bits per heavy atom. The van der Waals surface area contributed by atoms with E-state index in [0.29, 0.717) is 29.1 Å². The van der Waals surface area contributed by atoms with Crippen LogP contribution in [0.1, 0.15) is 19.4 Å². The van der Waals surface area contributed by atoms with Gasteiger partial charge in [0.2, 0.25) is 11.9 Å². The second-order valence-corrected chi connectivity index (χ2v) is 9.76. The number of hydrogen-bond donors (Lipinski definition) is 1. The van der Waals surface area contributed by atoms with Crippen LogP contribution in [0.2, 0.25) is 0 Å². The predicted molar refractivity (Wildman–Crippen MR) is 134 cm³/mol. The number of nitrogens with one attached hydrogen (secondary N) is 1. The van der Waals surface area contributed by atoms with E-state index in [4.69, 9.17) is 0 Å². The van der Waals surface area contributed by atoms with Gasteiger partial charge in [-0.25, -0.2) is 19.3 Å². The van der Waals surface area contributed by atoms with Gasteiger partial charge in [-0.15, -0.1) is 16.4 Å². The Bertz CT molecular complexity index is 1550. The van der Waals surface area contributed by atoms with Crippen LogP contribution in [0.3, 0.4) is 0 Å². The first-order chi connectivity index (χ1) is 17.4. The van der Waals surface area contributed by atoms with Gasteiger partial charge in [-0.3, -0.25) is 4.68 Å². The molecule has 0 amide bonds. The van der Waals surface area contributed by atoms with Gasteiger partial charge in [-0.1, -0.05) is 23.4 Å². The number of hydrogen-bond acceptors (Lipinski definition) is 8. The molecule has 0 aliphatic rings. The topological polar surface area (TPSA) is 98.5 Å². The minimum absolute atomic E-state index is 0.162. The fourth-order valence-corrected chi connectivity index (χ4v) is 5.06. The molecule has 0 saturated heterocycles. The van der Waals surface area contributed by atoms with Crippen LogP contribution in [0.25, 0.3) is 31.8 Å². The molecule has 0 bridgehead atoms. The van der Waals surface area contributed by atoms with E-state index in [1.54, 1.807) is 30.9 Å². The van der Waals surface area contributed by atoms with Crippen LogP contribution in [-0.2, 0) is 16.8 Å². The van der Waals surface area contributed by atoms with Gasteiger partial charge in [0.05, 0.1) is 23.8 Å². The minimum atomic E-state index is -0.871. The third-order valence-electron chi connectivity index (χ3n) is 5.77. The van der Waals surface area contributed by atoms with Gasteiger partial charge < -0.3 is 10.1 Å². The molecule has 5 rings (SSSR count). The molecule has 8 nitrogen and oxygen atoms in total. The van der Waals surface area contributed by atoms with Crippen LogP contribution in [0.4, 0.5) is 14.7 Å². The summed E-state index contributed by atoms with van der Waals surface area (Å²) >= 11 is 1.34. The smallest absolute Gasteiger partial charge is 0.223 e. The van der Waals surface area contributed by atoms with Crippen molar-refractivity contribution in [1.29, 1.82) is 0 Å². The number of halogens is 2. The van der Waals surface area contributed by atoms with E-state index < -0.39 is 17.2 Å². The summed E-state index contributed by atoms with van der Waals surface area (Å²) in [6.45, 7) is 4.54. The molecule has 0 spiro atoms. The fourth-order valence-electron chi connectivity index (χ4n) is 3.88. The van der Waals surface area contributed by atoms with E-state index in [-0.39, 0.29) is 11.6 Å². The number of pyridine rings is 1. The van der Waals surface area contributed by atoms with Gasteiger partial charge in [0, 0.05) is 40.7 Å². The average molecular weight is 506 g/mol. The highest BCUT2D eigenvalue weighted by atomic mass is 32.1. The zero-order valence-corrected chi connectivity index (χ0v) is 20.3. The van der Waals surface area contributed by atoms with E-state index in [1.165, 1.54) is 23.6 Å². The summed E-state index contributed by atoms with van der Waals surface area (Å²) in [4.78, 5) is 24.6. The number of fused-ring (bicyclic) bond motifs is 1. The van der Waals surface area contributed by atoms with E-state index in [9.17, 15) is 13.6 Å². The number of nitrogens with zero attached hydrogens (tertiary/aromatic N) is 6. The number of anilines is 1. The van der Waals surface area contributed by atoms with Crippen molar-refractivity contribution in [2.75, 3.05) is 11.9 Å². The first-order valence-corrected chi connectivity index (χ1v) is 11.9. The Kier molecular flexibility index (Phi) is 6.23. The van der Waals surface area contributed by atoms with Gasteiger partial charge in [0.25, 0.3) is 0 Å². The molecule has 5 aromatic rings. The number of carbonyl (C=O) groups excluding carboxylic acids is 1. The van der Waals surface area contributed by atoms with E-state index >= 15 is 0 Å². The highest BCUT2D eigenvalue weighted by molar-refractivity contribution is 7.22. The molecule has 4 heterocycles. The Morgan fingerprint density at radius 1 is 1.14 bits per heavy atom. The molecule has 0 aliphatic heterocycles. The summed E-state index contributed by atoms with van der Waals surface area (Å²) in [5, 5.41) is 11.6. The highest BCUT2D eigenvalue weighted by Gasteiger charge is 2.26. The van der Waals surface area contributed by atoms with Crippen molar-refractivity contribution in [2.45, 2.75) is 25.8 Å². The summed E-state index contributed by atoms with van der Waals surface area (Å²) in [5.74, 6) is -0.911. The van der Waals surface area contributed by atoms with Gasteiger partial charge in [0.1, 0.15) is 12.0 Å². The molecule has 0 fully saturated rings. The van der Waals surface area contributed by atoms with Crippen LogP contribution < -0.4 is 5.32 Å². The minimum Gasteiger partial charge on any atom is -0.352 e. The molecular weight excluding hydrogens is 484 g/mol. The summed E-state index contributed by atoms with van der Waals surface area (Å²) in [6.07, 6.45) is 6.68. The summed E-state index contributed by atoms with van der Waals surface area (Å²) < 4.78 is 31.5. The molecule has 0 atom stereocenters. The lowest BCUT2D eigenvalue weighted by Gasteiger charge is -2.21. The second kappa shape index (κ2) is 9.50. The third-order valence-corrected chi connectivity index (χ3v) is 6.96. The van der Waals surface area contributed by atoms with Gasteiger partial charge >= 0.3 is 0 Å². The van der Waals surface area contributed by atoms with Crippen LogP contribution in [-0.4, -0.2) is 42.8 Å². The molecule has 11 heteroatoms. The van der Waals surface area contributed by atoms with Gasteiger partial charge in [-0.05, 0) is 36.4 Å². The van der Waals surface area contributed by atoms with Crippen molar-refractivity contribution in [3.63, 3.8) is 0 Å². The molecule has 0 radical (unpaired) electrons. The SMILES string of the molecule is CC(C)(C=O)c1cnc(F)cc1-c1cccc2cc(-c3nc(NCCn4ccnn4)ncc3F)sc12. The van der Waals surface area contributed by atoms with Gasteiger partial charge in [-0.2, -0.15) is 4.39 Å². The molecule has 1 N–H and O–H groups in total. The largest absolute Gasteiger partial charge is 0.352 e. The maximum absolute atomic E-state index is 14.8. The van der Waals surface area contributed by atoms with Crippen molar-refractivity contribution in [1.82, 2.24) is 29.9 Å². The molecule has 0 unspecified atom stereocenters. The zero-order valence-electron chi connectivity index (χ0n) is 19.4. The molecule has 0 aliphatic carbocycles. The molecule has 36 heavy (non-hydrogen) atoms.